The summed E-state index contributed by atoms with van der Waals surface area (Å²) in [5.41, 5.74) is 9.57. The molecule has 100 valence electrons. The van der Waals surface area contributed by atoms with Gasteiger partial charge >= 0.3 is 11.6 Å². The molecule has 9 heteroatoms. The Labute approximate surface area is 100.0 Å². The average Bonchev–Trinajstić information content (AvgIpc) is 2.52. The Morgan fingerprint density at radius 1 is 1.61 bits per heavy atom. The second-order valence-electron chi connectivity index (χ2n) is 3.95. The quantitative estimate of drug-likeness (QED) is 0.608. The van der Waals surface area contributed by atoms with E-state index in [9.17, 15) is 13.6 Å². The van der Waals surface area contributed by atoms with E-state index in [1.54, 1.807) is 0 Å². The van der Waals surface area contributed by atoms with Crippen LogP contribution in [0.15, 0.2) is 17.1 Å². The van der Waals surface area contributed by atoms with Crippen LogP contribution in [0.3, 0.4) is 0 Å². The normalized spacial score (nSPS) is 30.6. The van der Waals surface area contributed by atoms with Gasteiger partial charge in [-0.1, -0.05) is 0 Å². The van der Waals surface area contributed by atoms with Crippen LogP contribution in [0.5, 0.6) is 0 Å². The van der Waals surface area contributed by atoms with Crippen LogP contribution in [-0.4, -0.2) is 39.3 Å². The molecule has 1 fully saturated rings. The highest BCUT2D eigenvalue weighted by Gasteiger charge is 2.58. The summed E-state index contributed by atoms with van der Waals surface area (Å²) in [6, 6.07) is -0.504. The number of hydrogen-bond donors (Lipinski definition) is 3. The summed E-state index contributed by atoms with van der Waals surface area (Å²) < 4.78 is 33.2. The van der Waals surface area contributed by atoms with Gasteiger partial charge in [-0.25, -0.2) is 4.79 Å². The van der Waals surface area contributed by atoms with Gasteiger partial charge in [0.25, 0.3) is 0 Å². The van der Waals surface area contributed by atoms with E-state index in [0.29, 0.717) is 4.57 Å². The number of hydrogen-bond acceptors (Lipinski definition) is 6. The molecular formula is C9H12F2N4O3. The maximum absolute atomic E-state index is 13.8. The second-order valence-corrected chi connectivity index (χ2v) is 3.95. The average molecular weight is 262 g/mol. The van der Waals surface area contributed by atoms with Crippen LogP contribution in [0.4, 0.5) is 14.6 Å². The van der Waals surface area contributed by atoms with Gasteiger partial charge in [-0.05, 0) is 6.07 Å². The van der Waals surface area contributed by atoms with E-state index in [2.05, 4.69) is 4.98 Å². The molecule has 1 aromatic rings. The van der Waals surface area contributed by atoms with E-state index in [-0.39, 0.29) is 5.82 Å². The molecule has 1 aliphatic rings. The Kier molecular flexibility index (Phi) is 3.05. The summed E-state index contributed by atoms with van der Waals surface area (Å²) in [7, 11) is 0. The number of halogens is 2. The fourth-order valence-corrected chi connectivity index (χ4v) is 1.77. The molecule has 2 heterocycles. The van der Waals surface area contributed by atoms with E-state index in [4.69, 9.17) is 21.3 Å². The number of alkyl halides is 2. The number of nitrogens with two attached hydrogens (primary N) is 2. The smallest absolute Gasteiger partial charge is 0.351 e. The van der Waals surface area contributed by atoms with Crippen LogP contribution >= 0.6 is 0 Å². The summed E-state index contributed by atoms with van der Waals surface area (Å²) in [5, 5.41) is 8.89. The van der Waals surface area contributed by atoms with Crippen molar-refractivity contribution in [1.29, 1.82) is 0 Å². The maximum atomic E-state index is 13.8. The van der Waals surface area contributed by atoms with Crippen LogP contribution < -0.4 is 17.2 Å². The molecule has 1 aliphatic heterocycles. The molecule has 1 saturated heterocycles. The van der Waals surface area contributed by atoms with Gasteiger partial charge in [-0.3, -0.25) is 4.57 Å². The highest BCUT2D eigenvalue weighted by atomic mass is 19.3. The zero-order valence-corrected chi connectivity index (χ0v) is 9.16. The number of aromatic nitrogens is 2. The standard InChI is InChI=1S/C9H12F2N4O3/c10-9(11)6(13)4(3-16)18-7(9)15-2-1-5(12)14-8(15)17/h1-2,4,6-7,16H,3,13H2,(H2,12,14,17)/t4-,6-,7?/m1/s1. The first kappa shape index (κ1) is 12.9. The van der Waals surface area contributed by atoms with Gasteiger partial charge in [-0.15, -0.1) is 0 Å². The van der Waals surface area contributed by atoms with Gasteiger partial charge in [0.2, 0.25) is 6.23 Å². The third-order valence-corrected chi connectivity index (χ3v) is 2.76. The molecule has 0 radical (unpaired) electrons. The van der Waals surface area contributed by atoms with E-state index in [1.165, 1.54) is 6.07 Å². The van der Waals surface area contributed by atoms with Gasteiger partial charge in [0, 0.05) is 6.20 Å². The minimum Gasteiger partial charge on any atom is -0.394 e. The fourth-order valence-electron chi connectivity index (χ4n) is 1.77. The zero-order valence-electron chi connectivity index (χ0n) is 9.16. The van der Waals surface area contributed by atoms with Crippen molar-refractivity contribution >= 4 is 5.82 Å². The Morgan fingerprint density at radius 2 is 2.28 bits per heavy atom. The van der Waals surface area contributed by atoms with Crippen molar-refractivity contribution in [3.8, 4) is 0 Å². The van der Waals surface area contributed by atoms with E-state index >= 15 is 0 Å². The number of aliphatic hydroxyl groups excluding tert-OH is 1. The lowest BCUT2D eigenvalue weighted by molar-refractivity contribution is -0.122. The van der Waals surface area contributed by atoms with Gasteiger partial charge in [0.15, 0.2) is 0 Å². The summed E-state index contributed by atoms with van der Waals surface area (Å²) >= 11 is 0. The lowest BCUT2D eigenvalue weighted by Crippen LogP contribution is -2.47. The molecular weight excluding hydrogens is 250 g/mol. The first-order valence-corrected chi connectivity index (χ1v) is 5.12. The van der Waals surface area contributed by atoms with E-state index < -0.39 is 36.6 Å². The minimum atomic E-state index is -3.49. The summed E-state index contributed by atoms with van der Waals surface area (Å²) in [6.07, 6.45) is -2.09. The number of rotatable bonds is 2. The topological polar surface area (TPSA) is 116 Å². The van der Waals surface area contributed by atoms with Crippen molar-refractivity contribution in [1.82, 2.24) is 9.55 Å². The molecule has 3 atom stereocenters. The highest BCUT2D eigenvalue weighted by Crippen LogP contribution is 2.40. The van der Waals surface area contributed by atoms with Crippen LogP contribution in [-0.2, 0) is 4.74 Å². The number of ether oxygens (including phenoxy) is 1. The molecule has 18 heavy (non-hydrogen) atoms. The largest absolute Gasteiger partial charge is 0.394 e. The monoisotopic (exact) mass is 262 g/mol. The first-order valence-electron chi connectivity index (χ1n) is 5.12. The summed E-state index contributed by atoms with van der Waals surface area (Å²) in [5.74, 6) is -3.57. The molecule has 0 amide bonds. The first-order chi connectivity index (χ1) is 8.37. The lowest BCUT2D eigenvalue weighted by atomic mass is 10.1. The van der Waals surface area contributed by atoms with Crippen LogP contribution in [0.25, 0.3) is 0 Å². The van der Waals surface area contributed by atoms with Gasteiger partial charge in [0.1, 0.15) is 18.0 Å². The Hall–Kier alpha value is -1.58. The van der Waals surface area contributed by atoms with Crippen molar-refractivity contribution in [2.45, 2.75) is 24.3 Å². The fraction of sp³-hybridized carbons (Fsp3) is 0.556. The molecule has 0 bridgehead atoms. The third kappa shape index (κ3) is 1.85. The molecule has 0 saturated carbocycles. The number of aliphatic hydroxyl groups is 1. The zero-order chi connectivity index (χ0) is 13.5. The lowest BCUT2D eigenvalue weighted by Gasteiger charge is -2.21. The summed E-state index contributed by atoms with van der Waals surface area (Å²) in [6.45, 7) is -0.662. The van der Waals surface area contributed by atoms with Crippen molar-refractivity contribution in [2.24, 2.45) is 5.73 Å². The molecule has 2 rings (SSSR count). The molecule has 5 N–H and O–H groups in total. The van der Waals surface area contributed by atoms with Gasteiger partial charge < -0.3 is 21.3 Å². The van der Waals surface area contributed by atoms with Crippen molar-refractivity contribution in [3.63, 3.8) is 0 Å². The molecule has 1 aromatic heterocycles. The second kappa shape index (κ2) is 4.26. The van der Waals surface area contributed by atoms with E-state index in [0.717, 1.165) is 6.20 Å². The van der Waals surface area contributed by atoms with Crippen LogP contribution in [0, 0.1) is 0 Å². The predicted octanol–water partition coefficient (Wildman–Crippen LogP) is -1.32. The Morgan fingerprint density at radius 3 is 2.78 bits per heavy atom. The molecule has 7 nitrogen and oxygen atoms in total. The van der Waals surface area contributed by atoms with Crippen LogP contribution in [0.2, 0.25) is 0 Å². The van der Waals surface area contributed by atoms with Gasteiger partial charge in [0.05, 0.1) is 6.61 Å². The maximum Gasteiger partial charge on any atom is 0.351 e. The molecule has 1 unspecified atom stereocenters. The minimum absolute atomic E-state index is 0.0828. The van der Waals surface area contributed by atoms with Crippen molar-refractivity contribution < 1.29 is 18.6 Å². The number of nitrogen functional groups attached to an aromatic ring is 1. The summed E-state index contributed by atoms with van der Waals surface area (Å²) in [4.78, 5) is 14.8. The Balaban J connectivity index is 2.42. The predicted molar refractivity (Wildman–Crippen MR) is 56.8 cm³/mol. The van der Waals surface area contributed by atoms with Gasteiger partial charge in [-0.2, -0.15) is 13.8 Å². The third-order valence-electron chi connectivity index (χ3n) is 2.76. The number of anilines is 1. The van der Waals surface area contributed by atoms with Crippen molar-refractivity contribution in [3.05, 3.63) is 22.7 Å². The van der Waals surface area contributed by atoms with Crippen molar-refractivity contribution in [2.75, 3.05) is 12.3 Å². The molecule has 0 aromatic carbocycles. The van der Waals surface area contributed by atoms with Crippen LogP contribution in [0.1, 0.15) is 6.23 Å². The molecule has 0 spiro atoms. The number of nitrogens with zero attached hydrogens (tertiary/aromatic N) is 2. The SMILES string of the molecule is Nc1ccn(C2O[C@H](CO)[C@@H](N)C2(F)F)c(=O)n1. The molecule has 0 aliphatic carbocycles. The van der Waals surface area contributed by atoms with E-state index in [1.807, 2.05) is 0 Å². The highest BCUT2D eigenvalue weighted by molar-refractivity contribution is 5.23. The Bertz CT molecular complexity index is 507.